The van der Waals surface area contributed by atoms with Gasteiger partial charge in [-0.1, -0.05) is 37.9 Å². The molecule has 0 radical (unpaired) electrons. The molecule has 0 aromatic heterocycles. The van der Waals surface area contributed by atoms with Crippen LogP contribution in [0.25, 0.3) is 11.1 Å². The first kappa shape index (κ1) is 11.5. The third-order valence-electron chi connectivity index (χ3n) is 2.19. The van der Waals surface area contributed by atoms with Gasteiger partial charge in [0.15, 0.2) is 0 Å². The van der Waals surface area contributed by atoms with Crippen molar-refractivity contribution in [3.05, 3.63) is 45.3 Å². The van der Waals surface area contributed by atoms with Crippen molar-refractivity contribution < 1.29 is 10.2 Å². The molecule has 0 aliphatic heterocycles. The summed E-state index contributed by atoms with van der Waals surface area (Å²) < 4.78 is 1.63. The average Bonchev–Trinajstić information content (AvgIpc) is 2.25. The molecule has 0 spiro atoms. The van der Waals surface area contributed by atoms with E-state index in [0.717, 1.165) is 8.95 Å². The van der Waals surface area contributed by atoms with Crippen molar-refractivity contribution in [1.82, 2.24) is 0 Å². The minimum absolute atomic E-state index is 0.0957. The van der Waals surface area contributed by atoms with Crippen LogP contribution in [-0.4, -0.2) is 5.11 Å². The molecule has 0 amide bonds. The van der Waals surface area contributed by atoms with Gasteiger partial charge in [-0.25, -0.2) is 0 Å². The van der Waals surface area contributed by atoms with Crippen molar-refractivity contribution in [1.29, 1.82) is 0 Å². The van der Waals surface area contributed by atoms with Crippen LogP contribution in [0.4, 0.5) is 0 Å². The van der Waals surface area contributed by atoms with Gasteiger partial charge in [0.2, 0.25) is 0 Å². The van der Waals surface area contributed by atoms with Crippen molar-refractivity contribution in [3.63, 3.8) is 0 Å². The van der Waals surface area contributed by atoms with Gasteiger partial charge >= 0.3 is 0 Å². The van der Waals surface area contributed by atoms with Gasteiger partial charge in [0.25, 0.3) is 0 Å². The minimum atomic E-state index is -0.114. The second-order valence-electron chi connectivity index (χ2n) is 3.30. The standard InChI is InChI=1S/C12H8Br2O2/c13-7-1-3-11(15)9(5-7)10-6-8(14)2-4-12(10)16/h1-6,15-16H/p-1. The van der Waals surface area contributed by atoms with Crippen molar-refractivity contribution >= 4 is 31.9 Å². The fourth-order valence-electron chi connectivity index (χ4n) is 1.44. The molecule has 0 unspecified atom stereocenters. The van der Waals surface area contributed by atoms with Gasteiger partial charge in [-0.05, 0) is 35.9 Å². The Balaban J connectivity index is 2.66. The highest BCUT2D eigenvalue weighted by Gasteiger charge is 2.06. The zero-order valence-corrected chi connectivity index (χ0v) is 11.2. The van der Waals surface area contributed by atoms with Crippen LogP contribution in [0.15, 0.2) is 45.3 Å². The Kier molecular flexibility index (Phi) is 3.21. The van der Waals surface area contributed by atoms with E-state index in [2.05, 4.69) is 31.9 Å². The van der Waals surface area contributed by atoms with Crippen LogP contribution in [0.1, 0.15) is 0 Å². The maximum Gasteiger partial charge on any atom is 0.123 e. The zero-order valence-electron chi connectivity index (χ0n) is 8.08. The fourth-order valence-corrected chi connectivity index (χ4v) is 2.16. The first-order valence-corrected chi connectivity index (χ1v) is 6.12. The van der Waals surface area contributed by atoms with Crippen LogP contribution in [-0.2, 0) is 0 Å². The second kappa shape index (κ2) is 4.47. The maximum atomic E-state index is 11.7. The van der Waals surface area contributed by atoms with Gasteiger partial charge in [-0.2, -0.15) is 0 Å². The molecule has 0 heterocycles. The highest BCUT2D eigenvalue weighted by atomic mass is 79.9. The van der Waals surface area contributed by atoms with E-state index in [0.29, 0.717) is 11.1 Å². The van der Waals surface area contributed by atoms with E-state index in [-0.39, 0.29) is 11.5 Å². The molecule has 0 aliphatic carbocycles. The number of benzene rings is 2. The summed E-state index contributed by atoms with van der Waals surface area (Å²) in [5.41, 5.74) is 1.01. The highest BCUT2D eigenvalue weighted by molar-refractivity contribution is 9.10. The molecule has 0 saturated heterocycles. The number of aromatic hydroxyl groups is 1. The van der Waals surface area contributed by atoms with Gasteiger partial charge in [-0.15, -0.1) is 5.75 Å². The van der Waals surface area contributed by atoms with E-state index in [1.165, 1.54) is 6.07 Å². The summed E-state index contributed by atoms with van der Waals surface area (Å²) in [6.07, 6.45) is 0. The van der Waals surface area contributed by atoms with Gasteiger partial charge in [-0.3, -0.25) is 0 Å². The summed E-state index contributed by atoms with van der Waals surface area (Å²) in [5, 5.41) is 21.4. The summed E-state index contributed by atoms with van der Waals surface area (Å²) in [6.45, 7) is 0. The number of hydrogen-bond acceptors (Lipinski definition) is 2. The summed E-state index contributed by atoms with van der Waals surface area (Å²) >= 11 is 6.62. The van der Waals surface area contributed by atoms with Crippen LogP contribution in [0.3, 0.4) is 0 Å². The van der Waals surface area contributed by atoms with Crippen LogP contribution in [0.5, 0.6) is 11.5 Å². The first-order chi connectivity index (χ1) is 7.58. The summed E-state index contributed by atoms with van der Waals surface area (Å²) in [4.78, 5) is 0. The van der Waals surface area contributed by atoms with Gasteiger partial charge in [0, 0.05) is 14.5 Å². The molecule has 2 nitrogen and oxygen atoms in total. The van der Waals surface area contributed by atoms with E-state index >= 15 is 0 Å². The Labute approximate surface area is 110 Å². The van der Waals surface area contributed by atoms with Gasteiger partial charge < -0.3 is 10.2 Å². The molecule has 4 heteroatoms. The monoisotopic (exact) mass is 341 g/mol. The topological polar surface area (TPSA) is 43.3 Å². The number of rotatable bonds is 1. The largest absolute Gasteiger partial charge is 0.872 e. The Hall–Kier alpha value is -1.00. The van der Waals surface area contributed by atoms with E-state index in [4.69, 9.17) is 0 Å². The Morgan fingerprint density at radius 2 is 1.44 bits per heavy atom. The molecule has 2 aromatic rings. The third kappa shape index (κ3) is 2.23. The summed E-state index contributed by atoms with van der Waals surface area (Å²) in [7, 11) is 0. The predicted octanol–water partition coefficient (Wildman–Crippen LogP) is 3.66. The SMILES string of the molecule is [O-]c1ccc(Br)cc1-c1cc(Br)ccc1O. The lowest BCUT2D eigenvalue weighted by Crippen LogP contribution is -1.93. The number of halogens is 2. The highest BCUT2D eigenvalue weighted by Crippen LogP contribution is 2.37. The molecule has 0 fully saturated rings. The van der Waals surface area contributed by atoms with Crippen LogP contribution in [0, 0.1) is 0 Å². The molecule has 2 aromatic carbocycles. The molecule has 0 aliphatic rings. The fraction of sp³-hybridized carbons (Fsp3) is 0. The Bertz CT molecular complexity index is 489. The average molecular weight is 343 g/mol. The van der Waals surface area contributed by atoms with Crippen LogP contribution >= 0.6 is 31.9 Å². The summed E-state index contributed by atoms with van der Waals surface area (Å²) in [5.74, 6) is -0.0185. The Morgan fingerprint density at radius 1 is 0.875 bits per heavy atom. The van der Waals surface area contributed by atoms with E-state index in [1.807, 2.05) is 0 Å². The molecule has 2 rings (SSSR count). The van der Waals surface area contributed by atoms with Crippen molar-refractivity contribution in [2.45, 2.75) is 0 Å². The van der Waals surface area contributed by atoms with Crippen LogP contribution < -0.4 is 5.11 Å². The van der Waals surface area contributed by atoms with Crippen LogP contribution in [0.2, 0.25) is 0 Å². The summed E-state index contributed by atoms with van der Waals surface area (Å²) in [6, 6.07) is 9.85. The molecule has 1 N–H and O–H groups in total. The Morgan fingerprint density at radius 3 is 2.12 bits per heavy atom. The lowest BCUT2D eigenvalue weighted by Gasteiger charge is -2.15. The van der Waals surface area contributed by atoms with Gasteiger partial charge in [0.1, 0.15) is 5.75 Å². The molecule has 0 atom stereocenters. The number of hydrogen-bond donors (Lipinski definition) is 1. The van der Waals surface area contributed by atoms with Gasteiger partial charge in [0.05, 0.1) is 0 Å². The maximum absolute atomic E-state index is 11.7. The zero-order chi connectivity index (χ0) is 11.7. The lowest BCUT2D eigenvalue weighted by atomic mass is 10.0. The van der Waals surface area contributed by atoms with Crippen molar-refractivity contribution in [2.75, 3.05) is 0 Å². The van der Waals surface area contributed by atoms with E-state index in [9.17, 15) is 10.2 Å². The molecule has 0 bridgehead atoms. The smallest absolute Gasteiger partial charge is 0.123 e. The molecule has 82 valence electrons. The minimum Gasteiger partial charge on any atom is -0.872 e. The predicted molar refractivity (Wildman–Crippen MR) is 68.4 cm³/mol. The molecule has 0 saturated carbocycles. The third-order valence-corrected chi connectivity index (χ3v) is 3.18. The molecule has 16 heavy (non-hydrogen) atoms. The van der Waals surface area contributed by atoms with Crippen molar-refractivity contribution in [2.24, 2.45) is 0 Å². The number of phenolic OH excluding ortho intramolecular Hbond substituents is 1. The normalized spacial score (nSPS) is 10.4. The second-order valence-corrected chi connectivity index (χ2v) is 5.13. The van der Waals surface area contributed by atoms with E-state index in [1.54, 1.807) is 30.3 Å². The quantitative estimate of drug-likeness (QED) is 0.859. The first-order valence-electron chi connectivity index (χ1n) is 4.53. The van der Waals surface area contributed by atoms with Crippen molar-refractivity contribution in [3.8, 4) is 22.6 Å². The molecular weight excluding hydrogens is 336 g/mol. The lowest BCUT2D eigenvalue weighted by molar-refractivity contribution is -0.267. The van der Waals surface area contributed by atoms with E-state index < -0.39 is 0 Å². The number of phenols is 1. The molecular formula is C12H7Br2O2-.